The highest BCUT2D eigenvalue weighted by Gasteiger charge is 2.34. The molecule has 1 heterocycles. The lowest BCUT2D eigenvalue weighted by Crippen LogP contribution is -2.30. The average molecular weight is 308 g/mol. The molecule has 2 N–H and O–H groups in total. The number of urea groups is 1. The lowest BCUT2D eigenvalue weighted by atomic mass is 10.1. The van der Waals surface area contributed by atoms with Crippen LogP contribution in [0.5, 0.6) is 0 Å². The van der Waals surface area contributed by atoms with Crippen LogP contribution in [0.4, 0.5) is 10.5 Å². The summed E-state index contributed by atoms with van der Waals surface area (Å²) < 4.78 is 0. The molecule has 0 atom stereocenters. The molecule has 0 bridgehead atoms. The van der Waals surface area contributed by atoms with Crippen molar-refractivity contribution in [3.8, 4) is 0 Å². The SMILES string of the molecule is O=C(O)c1ccc(/C=C2/NC(=O)N(c3ccccc3)C2=O)cc1. The van der Waals surface area contributed by atoms with Crippen LogP contribution in [0, 0.1) is 0 Å². The van der Waals surface area contributed by atoms with Crippen molar-refractivity contribution in [2.24, 2.45) is 0 Å². The topological polar surface area (TPSA) is 86.7 Å². The maximum atomic E-state index is 12.4. The van der Waals surface area contributed by atoms with Crippen molar-refractivity contribution in [3.63, 3.8) is 0 Å². The second-order valence-electron chi connectivity index (χ2n) is 4.89. The van der Waals surface area contributed by atoms with E-state index in [4.69, 9.17) is 5.11 Å². The van der Waals surface area contributed by atoms with E-state index in [0.717, 1.165) is 4.90 Å². The molecule has 1 aliphatic heterocycles. The van der Waals surface area contributed by atoms with Crippen molar-refractivity contribution in [1.29, 1.82) is 0 Å². The Hall–Kier alpha value is -3.41. The summed E-state index contributed by atoms with van der Waals surface area (Å²) in [5.74, 6) is -1.48. The van der Waals surface area contributed by atoms with E-state index in [1.54, 1.807) is 42.5 Å². The molecule has 1 fully saturated rings. The summed E-state index contributed by atoms with van der Waals surface area (Å²) in [5.41, 5.74) is 1.40. The number of nitrogens with zero attached hydrogens (tertiary/aromatic N) is 1. The number of aromatic carboxylic acids is 1. The summed E-state index contributed by atoms with van der Waals surface area (Å²) in [4.78, 5) is 36.3. The Morgan fingerprint density at radius 2 is 1.65 bits per heavy atom. The monoisotopic (exact) mass is 308 g/mol. The highest BCUT2D eigenvalue weighted by atomic mass is 16.4. The molecule has 6 heteroatoms. The molecule has 2 aromatic carbocycles. The first-order valence-electron chi connectivity index (χ1n) is 6.82. The fourth-order valence-electron chi connectivity index (χ4n) is 2.24. The molecule has 0 aliphatic carbocycles. The van der Waals surface area contributed by atoms with Crippen molar-refractivity contribution in [2.75, 3.05) is 4.90 Å². The number of carbonyl (C=O) groups is 3. The smallest absolute Gasteiger partial charge is 0.335 e. The van der Waals surface area contributed by atoms with Crippen LogP contribution < -0.4 is 10.2 Å². The molecule has 114 valence electrons. The molecule has 0 radical (unpaired) electrons. The summed E-state index contributed by atoms with van der Waals surface area (Å²) in [6.45, 7) is 0. The summed E-state index contributed by atoms with van der Waals surface area (Å²) >= 11 is 0. The minimum atomic E-state index is -1.02. The zero-order valence-electron chi connectivity index (χ0n) is 11.9. The zero-order chi connectivity index (χ0) is 16.4. The van der Waals surface area contributed by atoms with Crippen molar-refractivity contribution >= 4 is 29.7 Å². The number of para-hydroxylation sites is 1. The van der Waals surface area contributed by atoms with Crippen LogP contribution in [0.3, 0.4) is 0 Å². The van der Waals surface area contributed by atoms with Crippen molar-refractivity contribution in [2.45, 2.75) is 0 Å². The van der Waals surface area contributed by atoms with Gasteiger partial charge in [-0.25, -0.2) is 14.5 Å². The highest BCUT2D eigenvalue weighted by molar-refractivity contribution is 6.28. The fourth-order valence-corrected chi connectivity index (χ4v) is 2.24. The molecule has 0 saturated carbocycles. The Morgan fingerprint density at radius 3 is 2.26 bits per heavy atom. The number of hydrogen-bond donors (Lipinski definition) is 2. The van der Waals surface area contributed by atoms with E-state index in [1.165, 1.54) is 18.2 Å². The Labute approximate surface area is 131 Å². The Kier molecular flexibility index (Phi) is 3.64. The minimum Gasteiger partial charge on any atom is -0.478 e. The molecule has 0 unspecified atom stereocenters. The van der Waals surface area contributed by atoms with E-state index in [1.807, 2.05) is 0 Å². The standard InChI is InChI=1S/C17H12N2O4/c20-15-14(10-11-6-8-12(9-7-11)16(21)22)18-17(23)19(15)13-4-2-1-3-5-13/h1-10H,(H,18,23)(H,21,22)/b14-10+. The number of nitrogens with one attached hydrogen (secondary N) is 1. The van der Waals surface area contributed by atoms with Gasteiger partial charge in [0.15, 0.2) is 0 Å². The molecule has 0 aromatic heterocycles. The number of carboxylic acid groups (broad SMARTS) is 1. The van der Waals surface area contributed by atoms with E-state index in [9.17, 15) is 14.4 Å². The molecule has 23 heavy (non-hydrogen) atoms. The molecule has 3 rings (SSSR count). The van der Waals surface area contributed by atoms with E-state index < -0.39 is 17.9 Å². The van der Waals surface area contributed by atoms with E-state index in [0.29, 0.717) is 11.3 Å². The van der Waals surface area contributed by atoms with Gasteiger partial charge in [-0.3, -0.25) is 4.79 Å². The van der Waals surface area contributed by atoms with Gasteiger partial charge in [0.05, 0.1) is 11.3 Å². The van der Waals surface area contributed by atoms with Crippen molar-refractivity contribution in [1.82, 2.24) is 5.32 Å². The van der Waals surface area contributed by atoms with Crippen LogP contribution >= 0.6 is 0 Å². The van der Waals surface area contributed by atoms with Crippen molar-refractivity contribution in [3.05, 3.63) is 71.4 Å². The van der Waals surface area contributed by atoms with Crippen LogP contribution in [0.2, 0.25) is 0 Å². The van der Waals surface area contributed by atoms with Crippen LogP contribution in [0.25, 0.3) is 6.08 Å². The third-order valence-electron chi connectivity index (χ3n) is 3.36. The molecule has 2 aromatic rings. The number of rotatable bonds is 3. The zero-order valence-corrected chi connectivity index (χ0v) is 11.9. The predicted molar refractivity (Wildman–Crippen MR) is 83.8 cm³/mol. The molecular formula is C17H12N2O4. The molecular weight excluding hydrogens is 296 g/mol. The van der Waals surface area contributed by atoms with Gasteiger partial charge in [0.25, 0.3) is 5.91 Å². The van der Waals surface area contributed by atoms with Gasteiger partial charge < -0.3 is 10.4 Å². The largest absolute Gasteiger partial charge is 0.478 e. The van der Waals surface area contributed by atoms with Crippen LogP contribution in [0.15, 0.2) is 60.3 Å². The van der Waals surface area contributed by atoms with Gasteiger partial charge in [-0.15, -0.1) is 0 Å². The Bertz CT molecular complexity index is 810. The van der Waals surface area contributed by atoms with Crippen LogP contribution in [0.1, 0.15) is 15.9 Å². The summed E-state index contributed by atoms with van der Waals surface area (Å²) in [6.07, 6.45) is 1.51. The van der Waals surface area contributed by atoms with Gasteiger partial charge in [-0.1, -0.05) is 30.3 Å². The van der Waals surface area contributed by atoms with Gasteiger partial charge in [0, 0.05) is 0 Å². The number of imide groups is 1. The van der Waals surface area contributed by atoms with E-state index in [-0.39, 0.29) is 11.3 Å². The molecule has 0 spiro atoms. The molecule has 1 saturated heterocycles. The fraction of sp³-hybridized carbons (Fsp3) is 0. The lowest BCUT2D eigenvalue weighted by molar-refractivity contribution is -0.113. The Balaban J connectivity index is 1.88. The first-order valence-corrected chi connectivity index (χ1v) is 6.82. The number of benzene rings is 2. The first kappa shape index (κ1) is 14.5. The third-order valence-corrected chi connectivity index (χ3v) is 3.36. The predicted octanol–water partition coefficient (Wildman–Crippen LogP) is 2.48. The number of amides is 3. The summed E-state index contributed by atoms with van der Waals surface area (Å²) in [7, 11) is 0. The molecule has 6 nitrogen and oxygen atoms in total. The second-order valence-corrected chi connectivity index (χ2v) is 4.89. The maximum absolute atomic E-state index is 12.4. The Morgan fingerprint density at radius 1 is 1.00 bits per heavy atom. The van der Waals surface area contributed by atoms with Gasteiger partial charge in [0.1, 0.15) is 5.70 Å². The number of anilines is 1. The highest BCUT2D eigenvalue weighted by Crippen LogP contribution is 2.21. The summed E-state index contributed by atoms with van der Waals surface area (Å²) in [5, 5.41) is 11.4. The van der Waals surface area contributed by atoms with E-state index >= 15 is 0 Å². The maximum Gasteiger partial charge on any atom is 0.335 e. The average Bonchev–Trinajstić information content (AvgIpc) is 2.82. The quantitative estimate of drug-likeness (QED) is 0.673. The lowest BCUT2D eigenvalue weighted by Gasteiger charge is -2.10. The summed E-state index contributed by atoms with van der Waals surface area (Å²) in [6, 6.07) is 14.1. The molecule has 1 aliphatic rings. The molecule has 3 amide bonds. The van der Waals surface area contributed by atoms with Crippen LogP contribution in [-0.2, 0) is 4.79 Å². The number of hydrogen-bond acceptors (Lipinski definition) is 3. The van der Waals surface area contributed by atoms with Gasteiger partial charge in [-0.2, -0.15) is 0 Å². The van der Waals surface area contributed by atoms with Crippen molar-refractivity contribution < 1.29 is 19.5 Å². The van der Waals surface area contributed by atoms with E-state index in [2.05, 4.69) is 5.32 Å². The third kappa shape index (κ3) is 2.82. The van der Waals surface area contributed by atoms with Gasteiger partial charge >= 0.3 is 12.0 Å². The first-order chi connectivity index (χ1) is 11.1. The van der Waals surface area contributed by atoms with Gasteiger partial charge in [-0.05, 0) is 35.9 Å². The second kappa shape index (κ2) is 5.76. The minimum absolute atomic E-state index is 0.141. The van der Waals surface area contributed by atoms with Gasteiger partial charge in [0.2, 0.25) is 0 Å². The number of carbonyl (C=O) groups excluding carboxylic acids is 2. The normalized spacial score (nSPS) is 15.8. The van der Waals surface area contributed by atoms with Crippen LogP contribution in [-0.4, -0.2) is 23.0 Å². The number of carboxylic acids is 1.